The third-order valence-corrected chi connectivity index (χ3v) is 3.85. The van der Waals surface area contributed by atoms with Gasteiger partial charge < -0.3 is 15.5 Å². The Morgan fingerprint density at radius 2 is 2.26 bits per heavy atom. The van der Waals surface area contributed by atoms with Crippen LogP contribution in [0.15, 0.2) is 24.8 Å². The third-order valence-electron chi connectivity index (χ3n) is 2.76. The molecule has 0 saturated heterocycles. The lowest BCUT2D eigenvalue weighted by Gasteiger charge is -2.13. The van der Waals surface area contributed by atoms with Crippen LogP contribution in [0, 0.1) is 6.92 Å². The van der Waals surface area contributed by atoms with Crippen LogP contribution in [0.25, 0.3) is 5.65 Å². The molecule has 3 aromatic heterocycles. The Bertz CT molecular complexity index is 716. The maximum Gasteiger partial charge on any atom is 0.180 e. The number of thiazole rings is 1. The van der Waals surface area contributed by atoms with E-state index in [0.29, 0.717) is 11.6 Å². The van der Waals surface area contributed by atoms with Gasteiger partial charge in [0, 0.05) is 23.5 Å². The lowest BCUT2D eigenvalue weighted by atomic mass is 10.3. The van der Waals surface area contributed by atoms with Crippen molar-refractivity contribution in [2.75, 3.05) is 11.1 Å². The highest BCUT2D eigenvalue weighted by molar-refractivity contribution is 7.11. The molecule has 3 aromatic rings. The van der Waals surface area contributed by atoms with Gasteiger partial charge in [-0.1, -0.05) is 0 Å². The molecule has 0 aliphatic carbocycles. The highest BCUT2D eigenvalue weighted by atomic mass is 32.1. The summed E-state index contributed by atoms with van der Waals surface area (Å²) in [6, 6.07) is 0.0634. The molecule has 0 saturated carbocycles. The van der Waals surface area contributed by atoms with Crippen LogP contribution in [-0.2, 0) is 0 Å². The molecule has 0 amide bonds. The van der Waals surface area contributed by atoms with Crippen LogP contribution < -0.4 is 11.1 Å². The molecule has 98 valence electrons. The summed E-state index contributed by atoms with van der Waals surface area (Å²) >= 11 is 1.67. The van der Waals surface area contributed by atoms with Gasteiger partial charge in [-0.25, -0.2) is 15.0 Å². The summed E-state index contributed by atoms with van der Waals surface area (Å²) in [7, 11) is 0. The van der Waals surface area contributed by atoms with E-state index in [0.717, 1.165) is 10.7 Å². The summed E-state index contributed by atoms with van der Waals surface area (Å²) in [5.74, 6) is 1.13. The Hall–Kier alpha value is -2.15. The van der Waals surface area contributed by atoms with Gasteiger partial charge in [-0.3, -0.25) is 0 Å². The van der Waals surface area contributed by atoms with Gasteiger partial charge in [-0.2, -0.15) is 0 Å². The highest BCUT2D eigenvalue weighted by Crippen LogP contribution is 2.24. The predicted molar refractivity (Wildman–Crippen MR) is 76.3 cm³/mol. The van der Waals surface area contributed by atoms with Crippen molar-refractivity contribution in [1.29, 1.82) is 0 Å². The van der Waals surface area contributed by atoms with Crippen LogP contribution in [-0.4, -0.2) is 19.4 Å². The Labute approximate surface area is 114 Å². The summed E-state index contributed by atoms with van der Waals surface area (Å²) in [6.07, 6.45) is 7.18. The molecule has 0 aromatic carbocycles. The van der Waals surface area contributed by atoms with E-state index >= 15 is 0 Å². The van der Waals surface area contributed by atoms with Crippen molar-refractivity contribution in [2.45, 2.75) is 19.9 Å². The van der Waals surface area contributed by atoms with Crippen molar-refractivity contribution < 1.29 is 0 Å². The van der Waals surface area contributed by atoms with E-state index in [1.54, 1.807) is 23.7 Å². The molecular weight excluding hydrogens is 260 g/mol. The first-order valence-electron chi connectivity index (χ1n) is 5.91. The molecule has 3 N–H and O–H groups in total. The van der Waals surface area contributed by atoms with Gasteiger partial charge in [-0.15, -0.1) is 11.3 Å². The summed E-state index contributed by atoms with van der Waals surface area (Å²) in [5.41, 5.74) is 6.55. The second kappa shape index (κ2) is 4.51. The molecule has 0 spiro atoms. The smallest absolute Gasteiger partial charge is 0.180 e. The van der Waals surface area contributed by atoms with E-state index in [1.807, 2.05) is 30.6 Å². The monoisotopic (exact) mass is 274 g/mol. The molecule has 0 fully saturated rings. The fraction of sp³-hybridized carbons (Fsp3) is 0.250. The minimum atomic E-state index is 0.0634. The van der Waals surface area contributed by atoms with Crippen LogP contribution in [0.2, 0.25) is 0 Å². The Morgan fingerprint density at radius 3 is 3.00 bits per heavy atom. The zero-order valence-corrected chi connectivity index (χ0v) is 11.5. The topological polar surface area (TPSA) is 81.1 Å². The number of aryl methyl sites for hydroxylation is 1. The summed E-state index contributed by atoms with van der Waals surface area (Å²) < 4.78 is 1.85. The van der Waals surface area contributed by atoms with Crippen molar-refractivity contribution >= 4 is 28.6 Å². The number of aromatic nitrogens is 4. The zero-order valence-electron chi connectivity index (χ0n) is 10.7. The van der Waals surface area contributed by atoms with Gasteiger partial charge in [0.2, 0.25) is 0 Å². The number of nitrogens with zero attached hydrogens (tertiary/aromatic N) is 4. The molecule has 0 bridgehead atoms. The largest absolute Gasteiger partial charge is 0.382 e. The lowest BCUT2D eigenvalue weighted by Crippen LogP contribution is -2.10. The molecule has 1 atom stereocenters. The Morgan fingerprint density at radius 1 is 1.42 bits per heavy atom. The Kier molecular flexibility index (Phi) is 2.83. The van der Waals surface area contributed by atoms with Gasteiger partial charge in [0.15, 0.2) is 11.5 Å². The van der Waals surface area contributed by atoms with Crippen LogP contribution in [0.5, 0.6) is 0 Å². The van der Waals surface area contributed by atoms with Gasteiger partial charge >= 0.3 is 0 Å². The average molecular weight is 274 g/mol. The quantitative estimate of drug-likeness (QED) is 0.765. The number of anilines is 2. The maximum absolute atomic E-state index is 5.79. The predicted octanol–water partition coefficient (Wildman–Crippen LogP) is 2.25. The first kappa shape index (κ1) is 11.9. The average Bonchev–Trinajstić information content (AvgIpc) is 2.97. The normalized spacial score (nSPS) is 12.7. The number of fused-ring (bicyclic) bond motifs is 1. The van der Waals surface area contributed by atoms with Crippen molar-refractivity contribution in [3.8, 4) is 0 Å². The number of imidazole rings is 1. The van der Waals surface area contributed by atoms with Crippen LogP contribution in [0.4, 0.5) is 11.6 Å². The SMILES string of the molecule is Cc1cnc(C(C)Nc2nc(N)cn3ccnc23)s1. The summed E-state index contributed by atoms with van der Waals surface area (Å²) in [5, 5.41) is 4.33. The standard InChI is InChI=1S/C12H14N6S/c1-7-5-15-12(19-7)8(2)16-10-11-14-3-4-18(11)6-9(13)17-10/h3-6,8H,13H2,1-2H3,(H,16,17). The molecule has 3 heterocycles. The fourth-order valence-electron chi connectivity index (χ4n) is 1.89. The number of hydrogen-bond donors (Lipinski definition) is 2. The van der Waals surface area contributed by atoms with Gasteiger partial charge in [-0.05, 0) is 13.8 Å². The van der Waals surface area contributed by atoms with Crippen molar-refractivity contribution in [2.24, 2.45) is 0 Å². The molecule has 1 unspecified atom stereocenters. The van der Waals surface area contributed by atoms with Crippen molar-refractivity contribution in [1.82, 2.24) is 19.4 Å². The van der Waals surface area contributed by atoms with Gasteiger partial charge in [0.1, 0.15) is 10.8 Å². The Balaban J connectivity index is 1.94. The zero-order chi connectivity index (χ0) is 13.4. The minimum absolute atomic E-state index is 0.0634. The van der Waals surface area contributed by atoms with E-state index in [1.165, 1.54) is 4.88 Å². The highest BCUT2D eigenvalue weighted by Gasteiger charge is 2.13. The van der Waals surface area contributed by atoms with E-state index in [-0.39, 0.29) is 6.04 Å². The molecule has 0 radical (unpaired) electrons. The molecule has 6 nitrogen and oxygen atoms in total. The van der Waals surface area contributed by atoms with Gasteiger partial charge in [0.25, 0.3) is 0 Å². The maximum atomic E-state index is 5.79. The summed E-state index contributed by atoms with van der Waals surface area (Å²) in [6.45, 7) is 4.09. The number of rotatable bonds is 3. The molecule has 0 aliphatic heterocycles. The first-order valence-corrected chi connectivity index (χ1v) is 6.73. The van der Waals surface area contributed by atoms with Crippen LogP contribution >= 0.6 is 11.3 Å². The third kappa shape index (κ3) is 2.24. The molecular formula is C12H14N6S. The number of nitrogens with one attached hydrogen (secondary N) is 1. The van der Waals surface area contributed by atoms with Gasteiger partial charge in [0.05, 0.1) is 12.2 Å². The van der Waals surface area contributed by atoms with Crippen LogP contribution in [0.1, 0.15) is 22.9 Å². The molecule has 7 heteroatoms. The first-order chi connectivity index (χ1) is 9.13. The van der Waals surface area contributed by atoms with Crippen molar-refractivity contribution in [3.63, 3.8) is 0 Å². The van der Waals surface area contributed by atoms with E-state index in [4.69, 9.17) is 5.73 Å². The number of nitrogens with two attached hydrogens (primary N) is 1. The van der Waals surface area contributed by atoms with Crippen LogP contribution in [0.3, 0.4) is 0 Å². The van der Waals surface area contributed by atoms with Crippen molar-refractivity contribution in [3.05, 3.63) is 34.7 Å². The fourth-order valence-corrected chi connectivity index (χ4v) is 2.66. The lowest BCUT2D eigenvalue weighted by molar-refractivity contribution is 0.859. The second-order valence-electron chi connectivity index (χ2n) is 4.35. The van der Waals surface area contributed by atoms with E-state index < -0.39 is 0 Å². The second-order valence-corrected chi connectivity index (χ2v) is 5.61. The minimum Gasteiger partial charge on any atom is -0.382 e. The summed E-state index contributed by atoms with van der Waals surface area (Å²) in [4.78, 5) is 14.1. The molecule has 19 heavy (non-hydrogen) atoms. The van der Waals surface area contributed by atoms with E-state index in [2.05, 4.69) is 20.3 Å². The number of nitrogen functional groups attached to an aromatic ring is 1. The van der Waals surface area contributed by atoms with E-state index in [9.17, 15) is 0 Å². The number of hydrogen-bond acceptors (Lipinski definition) is 6. The molecule has 3 rings (SSSR count). The molecule has 0 aliphatic rings.